The van der Waals surface area contributed by atoms with Crippen LogP contribution in [-0.2, 0) is 0 Å². The lowest BCUT2D eigenvalue weighted by Crippen LogP contribution is -2.63. The van der Waals surface area contributed by atoms with E-state index in [0.717, 1.165) is 32.4 Å². The summed E-state index contributed by atoms with van der Waals surface area (Å²) in [6, 6.07) is 0.490. The van der Waals surface area contributed by atoms with E-state index in [9.17, 15) is 5.11 Å². The number of aliphatic hydroxyl groups excluding tert-OH is 1. The summed E-state index contributed by atoms with van der Waals surface area (Å²) < 4.78 is 0. The molecule has 3 unspecified atom stereocenters. The highest BCUT2D eigenvalue weighted by molar-refractivity contribution is 4.99. The summed E-state index contributed by atoms with van der Waals surface area (Å²) in [4.78, 5) is 0. The van der Waals surface area contributed by atoms with Crippen molar-refractivity contribution in [2.24, 2.45) is 5.92 Å². The molecule has 1 saturated heterocycles. The molecule has 0 aromatic heterocycles. The Morgan fingerprint density at radius 3 is 2.80 bits per heavy atom. The quantitative estimate of drug-likeness (QED) is 0.643. The molecule has 0 aromatic carbocycles. The van der Waals surface area contributed by atoms with Gasteiger partial charge in [-0.3, -0.25) is 0 Å². The topological polar surface area (TPSA) is 44.3 Å². The van der Waals surface area contributed by atoms with Crippen molar-refractivity contribution in [3.8, 4) is 0 Å². The highest BCUT2D eigenvalue weighted by atomic mass is 16.3. The summed E-state index contributed by atoms with van der Waals surface area (Å²) in [5.41, 5.74) is -0.0462. The Balaban J connectivity index is 2.69. The van der Waals surface area contributed by atoms with Crippen LogP contribution in [-0.4, -0.2) is 36.4 Å². The van der Waals surface area contributed by atoms with E-state index < -0.39 is 0 Å². The monoisotopic (exact) mass is 214 g/mol. The second kappa shape index (κ2) is 5.83. The minimum Gasteiger partial charge on any atom is -0.394 e. The first-order valence-electron chi connectivity index (χ1n) is 6.27. The van der Waals surface area contributed by atoms with Gasteiger partial charge >= 0.3 is 0 Å². The molecule has 90 valence electrons. The molecule has 3 heteroatoms. The molecule has 3 nitrogen and oxygen atoms in total. The minimum absolute atomic E-state index is 0.0462. The predicted octanol–water partition coefficient (Wildman–Crippen LogP) is 1.13. The number of piperidine rings is 1. The Kier molecular flexibility index (Phi) is 5.03. The largest absolute Gasteiger partial charge is 0.394 e. The molecule has 1 fully saturated rings. The molecule has 0 bridgehead atoms. The Morgan fingerprint density at radius 1 is 1.53 bits per heavy atom. The third-order valence-corrected chi connectivity index (χ3v) is 3.84. The molecule has 1 heterocycles. The third kappa shape index (κ3) is 2.92. The maximum absolute atomic E-state index is 9.70. The summed E-state index contributed by atoms with van der Waals surface area (Å²) in [7, 11) is 0. The van der Waals surface area contributed by atoms with E-state index in [0.29, 0.717) is 12.0 Å². The van der Waals surface area contributed by atoms with Crippen molar-refractivity contribution in [1.82, 2.24) is 10.6 Å². The highest BCUT2D eigenvalue weighted by Crippen LogP contribution is 2.27. The van der Waals surface area contributed by atoms with Gasteiger partial charge in [-0.05, 0) is 38.8 Å². The van der Waals surface area contributed by atoms with Gasteiger partial charge in [0.15, 0.2) is 0 Å². The van der Waals surface area contributed by atoms with E-state index in [1.807, 2.05) is 0 Å². The van der Waals surface area contributed by atoms with Gasteiger partial charge < -0.3 is 15.7 Å². The number of nitrogens with one attached hydrogen (secondary N) is 2. The number of hydrogen-bond acceptors (Lipinski definition) is 3. The van der Waals surface area contributed by atoms with Crippen molar-refractivity contribution >= 4 is 0 Å². The maximum atomic E-state index is 9.70. The first-order chi connectivity index (χ1) is 7.18. The van der Waals surface area contributed by atoms with Crippen molar-refractivity contribution < 1.29 is 5.11 Å². The third-order valence-electron chi connectivity index (χ3n) is 3.84. The fourth-order valence-corrected chi connectivity index (χ4v) is 2.56. The zero-order valence-electron chi connectivity index (χ0n) is 10.3. The lowest BCUT2D eigenvalue weighted by atomic mass is 9.77. The Hall–Kier alpha value is -0.120. The number of hydrogen-bond donors (Lipinski definition) is 3. The molecule has 0 aliphatic carbocycles. The van der Waals surface area contributed by atoms with E-state index >= 15 is 0 Å². The van der Waals surface area contributed by atoms with Crippen LogP contribution in [0.5, 0.6) is 0 Å². The van der Waals surface area contributed by atoms with Crippen LogP contribution in [0.15, 0.2) is 0 Å². The normalized spacial score (nSPS) is 34.0. The van der Waals surface area contributed by atoms with E-state index in [-0.39, 0.29) is 12.1 Å². The lowest BCUT2D eigenvalue weighted by molar-refractivity contribution is 0.0630. The zero-order valence-corrected chi connectivity index (χ0v) is 10.3. The SMILES string of the molecule is CCC(C)NC1(CO)CCNCC1CC. The van der Waals surface area contributed by atoms with Crippen LogP contribution in [0.4, 0.5) is 0 Å². The fourth-order valence-electron chi connectivity index (χ4n) is 2.56. The second-order valence-corrected chi connectivity index (χ2v) is 4.83. The molecule has 0 saturated carbocycles. The van der Waals surface area contributed by atoms with Gasteiger partial charge in [-0.1, -0.05) is 20.3 Å². The van der Waals surface area contributed by atoms with Crippen molar-refractivity contribution in [2.75, 3.05) is 19.7 Å². The van der Waals surface area contributed by atoms with Crippen LogP contribution < -0.4 is 10.6 Å². The van der Waals surface area contributed by atoms with E-state index in [1.54, 1.807) is 0 Å². The van der Waals surface area contributed by atoms with Crippen LogP contribution in [0.1, 0.15) is 40.0 Å². The standard InChI is InChI=1S/C12H26N2O/c1-4-10(3)14-12(9-15)6-7-13-8-11(12)5-2/h10-11,13-15H,4-9H2,1-3H3. The highest BCUT2D eigenvalue weighted by Gasteiger charge is 2.39. The van der Waals surface area contributed by atoms with Gasteiger partial charge in [-0.15, -0.1) is 0 Å². The van der Waals surface area contributed by atoms with Gasteiger partial charge in [-0.2, -0.15) is 0 Å². The Labute approximate surface area is 93.6 Å². The second-order valence-electron chi connectivity index (χ2n) is 4.83. The van der Waals surface area contributed by atoms with Crippen LogP contribution in [0.25, 0.3) is 0 Å². The molecular formula is C12H26N2O. The van der Waals surface area contributed by atoms with E-state index in [4.69, 9.17) is 0 Å². The molecule has 1 rings (SSSR count). The lowest BCUT2D eigenvalue weighted by Gasteiger charge is -2.45. The maximum Gasteiger partial charge on any atom is 0.0617 e. The van der Waals surface area contributed by atoms with Gasteiger partial charge in [0.1, 0.15) is 0 Å². The van der Waals surface area contributed by atoms with Crippen molar-refractivity contribution in [2.45, 2.75) is 51.6 Å². The Bertz CT molecular complexity index is 186. The van der Waals surface area contributed by atoms with Crippen molar-refractivity contribution in [3.63, 3.8) is 0 Å². The van der Waals surface area contributed by atoms with Gasteiger partial charge in [0.05, 0.1) is 6.61 Å². The molecule has 0 aromatic rings. The molecule has 3 atom stereocenters. The average molecular weight is 214 g/mol. The van der Waals surface area contributed by atoms with Crippen molar-refractivity contribution in [1.29, 1.82) is 0 Å². The fraction of sp³-hybridized carbons (Fsp3) is 1.00. The van der Waals surface area contributed by atoms with Gasteiger partial charge in [0, 0.05) is 11.6 Å². The first kappa shape index (κ1) is 12.9. The Morgan fingerprint density at radius 2 is 2.27 bits per heavy atom. The van der Waals surface area contributed by atoms with Gasteiger partial charge in [-0.25, -0.2) is 0 Å². The summed E-state index contributed by atoms with van der Waals surface area (Å²) >= 11 is 0. The molecule has 0 spiro atoms. The van der Waals surface area contributed by atoms with Crippen molar-refractivity contribution in [3.05, 3.63) is 0 Å². The molecule has 0 amide bonds. The molecule has 3 N–H and O–H groups in total. The summed E-state index contributed by atoms with van der Waals surface area (Å²) in [6.07, 6.45) is 3.27. The molecule has 1 aliphatic heterocycles. The smallest absolute Gasteiger partial charge is 0.0617 e. The first-order valence-corrected chi connectivity index (χ1v) is 6.27. The van der Waals surface area contributed by atoms with Gasteiger partial charge in [0.25, 0.3) is 0 Å². The van der Waals surface area contributed by atoms with E-state index in [2.05, 4.69) is 31.4 Å². The molecule has 15 heavy (non-hydrogen) atoms. The number of rotatable bonds is 5. The summed E-state index contributed by atoms with van der Waals surface area (Å²) in [5.74, 6) is 0.547. The summed E-state index contributed by atoms with van der Waals surface area (Å²) in [6.45, 7) is 8.90. The van der Waals surface area contributed by atoms with E-state index in [1.165, 1.54) is 0 Å². The average Bonchev–Trinajstić information content (AvgIpc) is 2.29. The van der Waals surface area contributed by atoms with Crippen LogP contribution in [0.3, 0.4) is 0 Å². The molecular weight excluding hydrogens is 188 g/mol. The number of aliphatic hydroxyl groups is 1. The van der Waals surface area contributed by atoms with Gasteiger partial charge in [0.2, 0.25) is 0 Å². The minimum atomic E-state index is -0.0462. The molecule has 0 radical (unpaired) electrons. The zero-order chi connectivity index (χ0) is 11.3. The van der Waals surface area contributed by atoms with Crippen LogP contribution in [0.2, 0.25) is 0 Å². The van der Waals surface area contributed by atoms with Crippen LogP contribution in [0, 0.1) is 5.92 Å². The van der Waals surface area contributed by atoms with Crippen LogP contribution >= 0.6 is 0 Å². The predicted molar refractivity (Wildman–Crippen MR) is 64.0 cm³/mol. The molecule has 1 aliphatic rings. The summed E-state index contributed by atoms with van der Waals surface area (Å²) in [5, 5.41) is 16.8.